The molecule has 0 unspecified atom stereocenters. The van der Waals surface area contributed by atoms with Gasteiger partial charge in [0.25, 0.3) is 0 Å². The van der Waals surface area contributed by atoms with Crippen LogP contribution in [0.1, 0.15) is 18.4 Å². The Hall–Kier alpha value is -1.11. The third-order valence-electron chi connectivity index (χ3n) is 4.45. The number of nitrogens with zero attached hydrogens (tertiary/aromatic N) is 2. The van der Waals surface area contributed by atoms with E-state index in [0.717, 1.165) is 30.6 Å². The van der Waals surface area contributed by atoms with Gasteiger partial charge in [0.05, 0.1) is 11.5 Å². The van der Waals surface area contributed by atoms with Gasteiger partial charge in [-0.3, -0.25) is 0 Å². The maximum atomic E-state index is 12.7. The quantitative estimate of drug-likeness (QED) is 0.845. The second-order valence-electron chi connectivity index (χ2n) is 5.97. The van der Waals surface area contributed by atoms with Crippen molar-refractivity contribution in [2.24, 2.45) is 0 Å². The van der Waals surface area contributed by atoms with Crippen molar-refractivity contribution in [3.63, 3.8) is 0 Å². The minimum atomic E-state index is -3.37. The molecular weight excluding hydrogens is 288 g/mol. The molecule has 0 bridgehead atoms. The fourth-order valence-electron chi connectivity index (χ4n) is 3.07. The van der Waals surface area contributed by atoms with E-state index >= 15 is 0 Å². The first kappa shape index (κ1) is 14.8. The number of fused-ring (bicyclic) bond motifs is 1. The molecule has 5 nitrogen and oxygen atoms in total. The van der Waals surface area contributed by atoms with Crippen molar-refractivity contribution in [2.45, 2.75) is 30.2 Å². The number of ether oxygens (including phenoxy) is 1. The van der Waals surface area contributed by atoms with Crippen LogP contribution in [0.25, 0.3) is 0 Å². The van der Waals surface area contributed by atoms with E-state index in [1.165, 1.54) is 0 Å². The largest absolute Gasteiger partial charge is 0.493 e. The summed E-state index contributed by atoms with van der Waals surface area (Å²) in [5, 5.41) is 0. The van der Waals surface area contributed by atoms with Crippen LogP contribution in [0, 0.1) is 0 Å². The van der Waals surface area contributed by atoms with Gasteiger partial charge in [-0.1, -0.05) is 0 Å². The molecule has 1 saturated heterocycles. The van der Waals surface area contributed by atoms with Crippen LogP contribution in [0.2, 0.25) is 0 Å². The molecule has 116 valence electrons. The first-order chi connectivity index (χ1) is 9.98. The van der Waals surface area contributed by atoms with E-state index in [1.807, 2.05) is 0 Å². The van der Waals surface area contributed by atoms with Crippen molar-refractivity contribution in [3.05, 3.63) is 23.8 Å². The fraction of sp³-hybridized carbons (Fsp3) is 0.600. The Morgan fingerprint density at radius 1 is 1.24 bits per heavy atom. The van der Waals surface area contributed by atoms with Gasteiger partial charge in [-0.05, 0) is 50.7 Å². The normalized spacial score (nSPS) is 20.5. The molecule has 6 heteroatoms. The molecular formula is C15H22N2O3S. The molecule has 2 aliphatic rings. The van der Waals surface area contributed by atoms with Gasteiger partial charge in [0.15, 0.2) is 0 Å². The molecule has 0 radical (unpaired) electrons. The molecule has 2 heterocycles. The van der Waals surface area contributed by atoms with Crippen LogP contribution in [0.3, 0.4) is 0 Å². The Labute approximate surface area is 126 Å². The molecule has 0 saturated carbocycles. The molecule has 0 atom stereocenters. The number of hydrogen-bond acceptors (Lipinski definition) is 4. The Morgan fingerprint density at radius 2 is 1.95 bits per heavy atom. The Balaban J connectivity index is 1.78. The van der Waals surface area contributed by atoms with Crippen molar-refractivity contribution >= 4 is 10.0 Å². The molecule has 0 amide bonds. The van der Waals surface area contributed by atoms with Crippen molar-refractivity contribution in [1.82, 2.24) is 9.21 Å². The topological polar surface area (TPSA) is 49.9 Å². The molecule has 0 aliphatic carbocycles. The minimum absolute atomic E-state index is 0.398. The van der Waals surface area contributed by atoms with Gasteiger partial charge in [-0.15, -0.1) is 0 Å². The summed E-state index contributed by atoms with van der Waals surface area (Å²) in [7, 11) is 0.728. The summed E-state index contributed by atoms with van der Waals surface area (Å²) in [6.07, 6.45) is 2.57. The van der Waals surface area contributed by atoms with E-state index in [2.05, 4.69) is 19.0 Å². The van der Waals surface area contributed by atoms with E-state index in [0.29, 0.717) is 30.6 Å². The number of rotatable bonds is 3. The fourth-order valence-corrected chi connectivity index (χ4v) is 4.59. The summed E-state index contributed by atoms with van der Waals surface area (Å²) in [6.45, 7) is 1.84. The number of hydrogen-bond donors (Lipinski definition) is 0. The van der Waals surface area contributed by atoms with Crippen molar-refractivity contribution in [1.29, 1.82) is 0 Å². The molecule has 1 aromatic carbocycles. The summed E-state index contributed by atoms with van der Waals surface area (Å²) >= 11 is 0. The van der Waals surface area contributed by atoms with Crippen molar-refractivity contribution in [3.8, 4) is 5.75 Å². The maximum Gasteiger partial charge on any atom is 0.243 e. The lowest BCUT2D eigenvalue weighted by atomic mass is 10.1. The number of benzene rings is 1. The van der Waals surface area contributed by atoms with E-state index < -0.39 is 10.0 Å². The first-order valence-corrected chi connectivity index (χ1v) is 8.85. The predicted octanol–water partition coefficient (Wildman–Crippen LogP) is 1.34. The third kappa shape index (κ3) is 2.80. The summed E-state index contributed by atoms with van der Waals surface area (Å²) < 4.78 is 32.5. The Kier molecular flexibility index (Phi) is 3.94. The zero-order chi connectivity index (χ0) is 15.0. The predicted molar refractivity (Wildman–Crippen MR) is 81.1 cm³/mol. The van der Waals surface area contributed by atoms with Gasteiger partial charge >= 0.3 is 0 Å². The molecule has 21 heavy (non-hydrogen) atoms. The van der Waals surface area contributed by atoms with Gasteiger partial charge < -0.3 is 9.64 Å². The highest BCUT2D eigenvalue weighted by atomic mass is 32.2. The number of piperidine rings is 1. The molecule has 1 fully saturated rings. The lowest BCUT2D eigenvalue weighted by molar-refractivity contribution is 0.196. The SMILES string of the molecule is CN(C)C1CCN(S(=O)(=O)c2ccc3c(c2)CCO3)CC1. The third-order valence-corrected chi connectivity index (χ3v) is 6.35. The lowest BCUT2D eigenvalue weighted by Gasteiger charge is -2.34. The lowest BCUT2D eigenvalue weighted by Crippen LogP contribution is -2.44. The van der Waals surface area contributed by atoms with Crippen LogP contribution in [0.5, 0.6) is 5.75 Å². The highest BCUT2D eigenvalue weighted by molar-refractivity contribution is 7.89. The molecule has 3 rings (SSSR count). The van der Waals surface area contributed by atoms with Gasteiger partial charge in [-0.25, -0.2) is 8.42 Å². The monoisotopic (exact) mass is 310 g/mol. The summed E-state index contributed by atoms with van der Waals surface area (Å²) in [5.41, 5.74) is 0.999. The standard InChI is InChI=1S/C15H22N2O3S/c1-16(2)13-5-8-17(9-6-13)21(18,19)14-3-4-15-12(11-14)7-10-20-15/h3-4,11,13H,5-10H2,1-2H3. The van der Waals surface area contributed by atoms with E-state index in [9.17, 15) is 8.42 Å². The molecule has 1 aromatic rings. The highest BCUT2D eigenvalue weighted by Crippen LogP contribution is 2.30. The van der Waals surface area contributed by atoms with Crippen LogP contribution in [0.4, 0.5) is 0 Å². The van der Waals surface area contributed by atoms with E-state index in [4.69, 9.17) is 4.74 Å². The van der Waals surface area contributed by atoms with Gasteiger partial charge in [0.2, 0.25) is 10.0 Å². The highest BCUT2D eigenvalue weighted by Gasteiger charge is 2.30. The van der Waals surface area contributed by atoms with Crippen molar-refractivity contribution < 1.29 is 13.2 Å². The summed E-state index contributed by atoms with van der Waals surface area (Å²) in [5.74, 6) is 0.820. The van der Waals surface area contributed by atoms with Gasteiger partial charge in [-0.2, -0.15) is 4.31 Å². The molecule has 0 spiro atoms. The maximum absolute atomic E-state index is 12.7. The zero-order valence-corrected chi connectivity index (χ0v) is 13.4. The average Bonchev–Trinajstić information content (AvgIpc) is 2.94. The van der Waals surface area contributed by atoms with Crippen LogP contribution in [-0.4, -0.2) is 57.5 Å². The van der Waals surface area contributed by atoms with Gasteiger partial charge in [0, 0.05) is 25.6 Å². The second-order valence-corrected chi connectivity index (χ2v) is 7.90. The summed E-state index contributed by atoms with van der Waals surface area (Å²) in [6, 6.07) is 5.69. The van der Waals surface area contributed by atoms with E-state index in [1.54, 1.807) is 22.5 Å². The zero-order valence-electron chi connectivity index (χ0n) is 12.6. The van der Waals surface area contributed by atoms with E-state index in [-0.39, 0.29) is 0 Å². The van der Waals surface area contributed by atoms with Crippen LogP contribution < -0.4 is 4.74 Å². The van der Waals surface area contributed by atoms with Crippen molar-refractivity contribution in [2.75, 3.05) is 33.8 Å². The molecule has 0 N–H and O–H groups in total. The smallest absolute Gasteiger partial charge is 0.243 e. The Bertz CT molecular complexity index is 620. The number of sulfonamides is 1. The molecule has 0 aromatic heterocycles. The van der Waals surface area contributed by atoms with Gasteiger partial charge in [0.1, 0.15) is 5.75 Å². The van der Waals surface area contributed by atoms with Crippen LogP contribution in [0.15, 0.2) is 23.1 Å². The Morgan fingerprint density at radius 3 is 2.62 bits per heavy atom. The second kappa shape index (κ2) is 5.59. The average molecular weight is 310 g/mol. The minimum Gasteiger partial charge on any atom is -0.493 e. The van der Waals surface area contributed by atoms with Crippen LogP contribution in [-0.2, 0) is 16.4 Å². The first-order valence-electron chi connectivity index (χ1n) is 7.41. The molecule has 2 aliphatic heterocycles. The summed E-state index contributed by atoms with van der Waals surface area (Å²) in [4.78, 5) is 2.58. The van der Waals surface area contributed by atoms with Crippen LogP contribution >= 0.6 is 0 Å².